The van der Waals surface area contributed by atoms with Gasteiger partial charge in [-0.05, 0) is 0 Å². The summed E-state index contributed by atoms with van der Waals surface area (Å²) < 4.78 is 28.5. The molecule has 0 bridgehead atoms. The number of hydrogen-bond donors (Lipinski definition) is 1. The lowest BCUT2D eigenvalue weighted by Gasteiger charge is -2.31. The number of nitrogens with zero attached hydrogens (tertiary/aromatic N) is 5. The second kappa shape index (κ2) is 6.78. The Morgan fingerprint density at radius 2 is 1.79 bits per heavy atom. The van der Waals surface area contributed by atoms with Crippen LogP contribution in [0.1, 0.15) is 5.56 Å². The molecule has 24 heavy (non-hydrogen) atoms. The lowest BCUT2D eigenvalue weighted by molar-refractivity contribution is 0.395. The highest BCUT2D eigenvalue weighted by Crippen LogP contribution is 2.29. The van der Waals surface area contributed by atoms with Gasteiger partial charge in [-0.25, -0.2) is 8.42 Å². The van der Waals surface area contributed by atoms with Crippen molar-refractivity contribution in [3.63, 3.8) is 0 Å². The van der Waals surface area contributed by atoms with Crippen LogP contribution in [0.4, 0.5) is 11.8 Å². The average molecular weight is 352 g/mol. The molecule has 2 saturated heterocycles. The number of ether oxygens (including phenoxy) is 1. The Morgan fingerprint density at radius 1 is 1.12 bits per heavy atom. The van der Waals surface area contributed by atoms with Crippen molar-refractivity contribution in [3.05, 3.63) is 5.56 Å². The molecule has 130 valence electrons. The van der Waals surface area contributed by atoms with Gasteiger partial charge in [-0.1, -0.05) is 0 Å². The van der Waals surface area contributed by atoms with Crippen molar-refractivity contribution in [3.8, 4) is 11.9 Å². The fourth-order valence-electron chi connectivity index (χ4n) is 2.82. The van der Waals surface area contributed by atoms with Crippen molar-refractivity contribution >= 4 is 21.6 Å². The summed E-state index contributed by atoms with van der Waals surface area (Å²) in [6.07, 6.45) is 0. The van der Waals surface area contributed by atoms with Crippen molar-refractivity contribution in [2.75, 3.05) is 67.7 Å². The largest absolute Gasteiger partial charge is 0.480 e. The van der Waals surface area contributed by atoms with Gasteiger partial charge in [0.25, 0.3) is 0 Å². The van der Waals surface area contributed by atoms with Crippen LogP contribution in [-0.2, 0) is 9.84 Å². The monoisotopic (exact) mass is 352 g/mol. The second-order valence-electron chi connectivity index (χ2n) is 5.72. The minimum absolute atomic E-state index is 0.0850. The molecule has 9 nitrogen and oxygen atoms in total. The topological polar surface area (TPSA) is 111 Å². The summed E-state index contributed by atoms with van der Waals surface area (Å²) in [6.45, 7) is 3.80. The number of anilines is 2. The highest BCUT2D eigenvalue weighted by molar-refractivity contribution is 7.91. The molecule has 10 heteroatoms. The Labute approximate surface area is 141 Å². The maximum absolute atomic E-state index is 11.6. The van der Waals surface area contributed by atoms with E-state index in [0.717, 1.165) is 26.2 Å². The molecule has 0 atom stereocenters. The van der Waals surface area contributed by atoms with E-state index in [1.54, 1.807) is 0 Å². The lowest BCUT2D eigenvalue weighted by Crippen LogP contribution is -2.45. The summed E-state index contributed by atoms with van der Waals surface area (Å²) >= 11 is 0. The molecule has 2 aliphatic rings. The van der Waals surface area contributed by atoms with Crippen molar-refractivity contribution in [1.29, 1.82) is 5.26 Å². The van der Waals surface area contributed by atoms with Gasteiger partial charge in [-0.3, -0.25) is 0 Å². The normalized spacial score (nSPS) is 20.5. The van der Waals surface area contributed by atoms with Gasteiger partial charge < -0.3 is 19.9 Å². The Morgan fingerprint density at radius 3 is 2.38 bits per heavy atom. The highest BCUT2D eigenvalue weighted by atomic mass is 32.2. The van der Waals surface area contributed by atoms with E-state index >= 15 is 0 Å². The van der Waals surface area contributed by atoms with E-state index < -0.39 is 9.84 Å². The van der Waals surface area contributed by atoms with E-state index in [1.165, 1.54) is 7.11 Å². The molecule has 0 amide bonds. The van der Waals surface area contributed by atoms with E-state index in [2.05, 4.69) is 21.4 Å². The van der Waals surface area contributed by atoms with Crippen LogP contribution >= 0.6 is 0 Å². The van der Waals surface area contributed by atoms with E-state index in [4.69, 9.17) is 4.74 Å². The van der Waals surface area contributed by atoms with Gasteiger partial charge >= 0.3 is 0 Å². The highest BCUT2D eigenvalue weighted by Gasteiger charge is 2.27. The molecule has 0 radical (unpaired) electrons. The Balaban J connectivity index is 1.97. The molecule has 1 aromatic rings. The summed E-state index contributed by atoms with van der Waals surface area (Å²) in [4.78, 5) is 12.7. The number of rotatable bonds is 3. The maximum Gasteiger partial charge on any atom is 0.238 e. The van der Waals surface area contributed by atoms with Crippen LogP contribution in [0.25, 0.3) is 0 Å². The predicted octanol–water partition coefficient (Wildman–Crippen LogP) is -0.999. The van der Waals surface area contributed by atoms with Crippen molar-refractivity contribution in [2.24, 2.45) is 0 Å². The molecule has 0 spiro atoms. The molecular formula is C14H20N6O3S. The lowest BCUT2D eigenvalue weighted by atomic mass is 10.2. The van der Waals surface area contributed by atoms with Crippen molar-refractivity contribution < 1.29 is 13.2 Å². The molecule has 0 unspecified atom stereocenters. The SMILES string of the molecule is COc1nc(N2CCS(=O)(=O)CC2)nc(N2CCNCC2)c1C#N. The summed E-state index contributed by atoms with van der Waals surface area (Å²) in [5.74, 6) is 1.36. The van der Waals surface area contributed by atoms with Gasteiger partial charge in [0.1, 0.15) is 6.07 Å². The number of piperazine rings is 1. The Hall–Kier alpha value is -2.12. The molecule has 0 saturated carbocycles. The van der Waals surface area contributed by atoms with Crippen LogP contribution in [0.15, 0.2) is 0 Å². The van der Waals surface area contributed by atoms with Gasteiger partial charge in [-0.2, -0.15) is 15.2 Å². The maximum atomic E-state index is 11.6. The fraction of sp³-hybridized carbons (Fsp3) is 0.643. The fourth-order valence-corrected chi connectivity index (χ4v) is 4.02. The van der Waals surface area contributed by atoms with E-state index in [0.29, 0.717) is 30.4 Å². The van der Waals surface area contributed by atoms with Gasteiger partial charge in [-0.15, -0.1) is 0 Å². The first-order chi connectivity index (χ1) is 11.5. The van der Waals surface area contributed by atoms with E-state index in [1.807, 2.05) is 9.80 Å². The molecule has 0 aliphatic carbocycles. The first-order valence-corrected chi connectivity index (χ1v) is 9.63. The third-order valence-electron chi connectivity index (χ3n) is 4.19. The van der Waals surface area contributed by atoms with Crippen molar-refractivity contribution in [1.82, 2.24) is 15.3 Å². The molecule has 3 rings (SSSR count). The molecule has 2 aliphatic heterocycles. The zero-order valence-corrected chi connectivity index (χ0v) is 14.3. The predicted molar refractivity (Wildman–Crippen MR) is 89.2 cm³/mol. The quantitative estimate of drug-likeness (QED) is 0.732. The number of nitriles is 1. The molecule has 1 aromatic heterocycles. The van der Waals surface area contributed by atoms with Gasteiger partial charge in [0, 0.05) is 39.3 Å². The number of hydrogen-bond acceptors (Lipinski definition) is 9. The minimum Gasteiger partial charge on any atom is -0.480 e. The van der Waals surface area contributed by atoms with Crippen molar-refractivity contribution in [2.45, 2.75) is 0 Å². The van der Waals surface area contributed by atoms with Gasteiger partial charge in [0.15, 0.2) is 21.2 Å². The van der Waals surface area contributed by atoms with Gasteiger partial charge in [0.05, 0.1) is 18.6 Å². The number of methoxy groups -OCH3 is 1. The van der Waals surface area contributed by atoms with Crippen LogP contribution in [-0.4, -0.2) is 76.3 Å². The zero-order chi connectivity index (χ0) is 17.2. The third kappa shape index (κ3) is 3.37. The molecule has 0 aromatic carbocycles. The minimum atomic E-state index is -2.98. The summed E-state index contributed by atoms with van der Waals surface area (Å²) in [6, 6.07) is 2.13. The van der Waals surface area contributed by atoms with Gasteiger partial charge in [0.2, 0.25) is 11.8 Å². The first-order valence-electron chi connectivity index (χ1n) is 7.81. The zero-order valence-electron chi connectivity index (χ0n) is 13.5. The smallest absolute Gasteiger partial charge is 0.238 e. The van der Waals surface area contributed by atoms with Crippen LogP contribution in [0.5, 0.6) is 5.88 Å². The summed E-state index contributed by atoms with van der Waals surface area (Å²) in [5.41, 5.74) is 0.313. The van der Waals surface area contributed by atoms with Crippen LogP contribution in [0.3, 0.4) is 0 Å². The summed E-state index contributed by atoms with van der Waals surface area (Å²) in [5, 5.41) is 12.7. The standard InChI is InChI=1S/C14H20N6O3S/c1-23-13-11(10-15)12(19-4-2-16-3-5-19)17-14(18-13)20-6-8-24(21,22)9-7-20/h16H,2-9H2,1H3. The Bertz CT molecular complexity index is 741. The number of nitrogens with one attached hydrogen (secondary N) is 1. The second-order valence-corrected chi connectivity index (χ2v) is 8.02. The number of sulfone groups is 1. The summed E-state index contributed by atoms with van der Waals surface area (Å²) in [7, 11) is -1.51. The molecule has 2 fully saturated rings. The number of aromatic nitrogens is 2. The van der Waals surface area contributed by atoms with Crippen LogP contribution in [0.2, 0.25) is 0 Å². The van der Waals surface area contributed by atoms with E-state index in [-0.39, 0.29) is 17.4 Å². The van der Waals surface area contributed by atoms with Crippen LogP contribution < -0.4 is 19.9 Å². The molecular weight excluding hydrogens is 332 g/mol. The van der Waals surface area contributed by atoms with Crippen LogP contribution in [0, 0.1) is 11.3 Å². The average Bonchev–Trinajstić information content (AvgIpc) is 2.61. The third-order valence-corrected chi connectivity index (χ3v) is 5.80. The molecule has 3 heterocycles. The Kier molecular flexibility index (Phi) is 4.73. The van der Waals surface area contributed by atoms with E-state index in [9.17, 15) is 13.7 Å². The molecule has 1 N–H and O–H groups in total. The first kappa shape index (κ1) is 16.7.